The first kappa shape index (κ1) is 18.0. The monoisotopic (exact) mass is 293 g/mol. The Kier molecular flexibility index (Phi) is 6.69. The van der Waals surface area contributed by atoms with Crippen LogP contribution in [-0.4, -0.2) is 23.4 Å². The van der Waals surface area contributed by atoms with E-state index in [1.807, 2.05) is 13.8 Å². The zero-order valence-electron chi connectivity index (χ0n) is 14.4. The molecule has 0 aliphatic carbocycles. The van der Waals surface area contributed by atoms with Crippen molar-refractivity contribution in [3.05, 3.63) is 28.8 Å². The van der Waals surface area contributed by atoms with Gasteiger partial charge in [0, 0.05) is 12.6 Å². The number of rotatable bonds is 8. The fourth-order valence-electron chi connectivity index (χ4n) is 2.35. The molecule has 21 heavy (non-hydrogen) atoms. The van der Waals surface area contributed by atoms with Gasteiger partial charge in [-0.25, -0.2) is 0 Å². The quantitative estimate of drug-likeness (QED) is 0.767. The predicted octanol–water partition coefficient (Wildman–Crippen LogP) is 3.73. The van der Waals surface area contributed by atoms with E-state index >= 15 is 0 Å². The minimum Gasteiger partial charge on any atom is -0.490 e. The topological polar surface area (TPSA) is 41.5 Å². The third-order valence-corrected chi connectivity index (χ3v) is 4.04. The fourth-order valence-corrected chi connectivity index (χ4v) is 2.35. The number of ether oxygens (including phenoxy) is 1. The number of nitrogens with one attached hydrogen (secondary N) is 1. The van der Waals surface area contributed by atoms with Crippen molar-refractivity contribution < 1.29 is 9.84 Å². The van der Waals surface area contributed by atoms with E-state index in [0.29, 0.717) is 25.5 Å². The summed E-state index contributed by atoms with van der Waals surface area (Å²) in [6, 6.07) is 4.80. The number of benzene rings is 1. The summed E-state index contributed by atoms with van der Waals surface area (Å²) in [5.41, 5.74) is 2.80. The van der Waals surface area contributed by atoms with E-state index < -0.39 is 5.60 Å². The van der Waals surface area contributed by atoms with Gasteiger partial charge >= 0.3 is 0 Å². The number of hydrogen-bond donors (Lipinski definition) is 2. The van der Waals surface area contributed by atoms with Gasteiger partial charge in [-0.15, -0.1) is 0 Å². The van der Waals surface area contributed by atoms with Gasteiger partial charge in [0.05, 0.1) is 5.60 Å². The largest absolute Gasteiger partial charge is 0.490 e. The number of aryl methyl sites for hydroxylation is 2. The fraction of sp³-hybridized carbons (Fsp3) is 0.667. The first-order valence-corrected chi connectivity index (χ1v) is 8.00. The van der Waals surface area contributed by atoms with Crippen LogP contribution in [0.15, 0.2) is 12.1 Å². The van der Waals surface area contributed by atoms with E-state index in [-0.39, 0.29) is 0 Å². The third kappa shape index (κ3) is 5.33. The molecule has 0 atom stereocenters. The molecular formula is C18H31NO2. The highest BCUT2D eigenvalue weighted by Crippen LogP contribution is 2.27. The molecule has 0 bridgehead atoms. The molecule has 0 heterocycles. The van der Waals surface area contributed by atoms with Crippen molar-refractivity contribution in [3.8, 4) is 5.75 Å². The Morgan fingerprint density at radius 3 is 2.10 bits per heavy atom. The molecule has 0 aromatic heterocycles. The van der Waals surface area contributed by atoms with Crippen LogP contribution in [0.1, 0.15) is 57.2 Å². The molecule has 3 nitrogen and oxygen atoms in total. The van der Waals surface area contributed by atoms with Crippen LogP contribution < -0.4 is 10.1 Å². The lowest BCUT2D eigenvalue weighted by atomic mass is 9.99. The maximum Gasteiger partial charge on any atom is 0.125 e. The van der Waals surface area contributed by atoms with Crippen molar-refractivity contribution in [1.29, 1.82) is 0 Å². The minimum absolute atomic E-state index is 0.352. The summed E-state index contributed by atoms with van der Waals surface area (Å²) >= 11 is 0. The van der Waals surface area contributed by atoms with Crippen LogP contribution in [0.25, 0.3) is 0 Å². The molecule has 2 N–H and O–H groups in total. The maximum atomic E-state index is 10.3. The van der Waals surface area contributed by atoms with Crippen molar-refractivity contribution in [3.63, 3.8) is 0 Å². The second kappa shape index (κ2) is 7.81. The smallest absolute Gasteiger partial charge is 0.125 e. The van der Waals surface area contributed by atoms with Gasteiger partial charge in [-0.05, 0) is 43.4 Å². The molecule has 0 fully saturated rings. The summed E-state index contributed by atoms with van der Waals surface area (Å²) in [4.78, 5) is 0. The molecule has 1 rings (SSSR count). The molecule has 3 heteroatoms. The Bertz CT molecular complexity index is 428. The molecule has 0 spiro atoms. The standard InChI is InChI=1S/C18H31NO2/c1-7-18(20,8-2)12-21-17-14(5)9-16(10-15(17)6)11-19-13(3)4/h9-10,13,19-20H,7-8,11-12H2,1-6H3. The summed E-state index contributed by atoms with van der Waals surface area (Å²) < 4.78 is 5.92. The zero-order valence-corrected chi connectivity index (χ0v) is 14.4. The van der Waals surface area contributed by atoms with Gasteiger partial charge in [-0.3, -0.25) is 0 Å². The normalized spacial score (nSPS) is 12.0. The lowest BCUT2D eigenvalue weighted by Gasteiger charge is -2.26. The highest BCUT2D eigenvalue weighted by atomic mass is 16.5. The average Bonchev–Trinajstić information content (AvgIpc) is 2.43. The second-order valence-electron chi connectivity index (χ2n) is 6.31. The number of aliphatic hydroxyl groups is 1. The Labute approximate surface area is 129 Å². The summed E-state index contributed by atoms with van der Waals surface area (Å²) in [6.07, 6.45) is 1.41. The molecule has 0 saturated heterocycles. The Hall–Kier alpha value is -1.06. The van der Waals surface area contributed by atoms with Crippen LogP contribution in [0.3, 0.4) is 0 Å². The molecule has 0 unspecified atom stereocenters. The number of hydrogen-bond acceptors (Lipinski definition) is 3. The van der Waals surface area contributed by atoms with Crippen LogP contribution in [0.2, 0.25) is 0 Å². The van der Waals surface area contributed by atoms with E-state index in [4.69, 9.17) is 4.74 Å². The van der Waals surface area contributed by atoms with E-state index in [9.17, 15) is 5.11 Å². The first-order chi connectivity index (χ1) is 9.81. The summed E-state index contributed by atoms with van der Waals surface area (Å²) in [7, 11) is 0. The van der Waals surface area contributed by atoms with Gasteiger partial charge in [-0.2, -0.15) is 0 Å². The maximum absolute atomic E-state index is 10.3. The van der Waals surface area contributed by atoms with Crippen molar-refractivity contribution in [2.45, 2.75) is 72.6 Å². The van der Waals surface area contributed by atoms with Crippen LogP contribution in [0.5, 0.6) is 5.75 Å². The molecule has 1 aromatic carbocycles. The van der Waals surface area contributed by atoms with Crippen LogP contribution in [0.4, 0.5) is 0 Å². The second-order valence-corrected chi connectivity index (χ2v) is 6.31. The lowest BCUT2D eigenvalue weighted by Crippen LogP contribution is -2.34. The van der Waals surface area contributed by atoms with Gasteiger partial charge in [0.1, 0.15) is 12.4 Å². The molecule has 0 aliphatic rings. The van der Waals surface area contributed by atoms with Gasteiger partial charge in [-0.1, -0.05) is 39.8 Å². The Balaban J connectivity index is 2.80. The summed E-state index contributed by atoms with van der Waals surface area (Å²) in [5.74, 6) is 0.906. The predicted molar refractivity (Wildman–Crippen MR) is 88.9 cm³/mol. The average molecular weight is 293 g/mol. The third-order valence-electron chi connectivity index (χ3n) is 4.04. The Morgan fingerprint density at radius 1 is 1.14 bits per heavy atom. The first-order valence-electron chi connectivity index (χ1n) is 8.00. The highest BCUT2D eigenvalue weighted by Gasteiger charge is 2.23. The minimum atomic E-state index is -0.725. The van der Waals surface area contributed by atoms with Gasteiger partial charge in [0.25, 0.3) is 0 Å². The van der Waals surface area contributed by atoms with Crippen molar-refractivity contribution >= 4 is 0 Å². The van der Waals surface area contributed by atoms with Crippen molar-refractivity contribution in [2.24, 2.45) is 0 Å². The van der Waals surface area contributed by atoms with Crippen molar-refractivity contribution in [2.75, 3.05) is 6.61 Å². The molecule has 0 amide bonds. The van der Waals surface area contributed by atoms with Crippen LogP contribution in [0, 0.1) is 13.8 Å². The van der Waals surface area contributed by atoms with Gasteiger partial charge in [0.2, 0.25) is 0 Å². The summed E-state index contributed by atoms with van der Waals surface area (Å²) in [5, 5.41) is 13.8. The molecule has 120 valence electrons. The van der Waals surface area contributed by atoms with E-state index in [1.165, 1.54) is 5.56 Å². The van der Waals surface area contributed by atoms with Crippen molar-refractivity contribution in [1.82, 2.24) is 5.32 Å². The summed E-state index contributed by atoms with van der Waals surface area (Å²) in [6.45, 7) is 13.6. The van der Waals surface area contributed by atoms with E-state index in [1.54, 1.807) is 0 Å². The molecule has 0 saturated carbocycles. The van der Waals surface area contributed by atoms with Crippen LogP contribution >= 0.6 is 0 Å². The lowest BCUT2D eigenvalue weighted by molar-refractivity contribution is -0.0117. The highest BCUT2D eigenvalue weighted by molar-refractivity contribution is 5.43. The van der Waals surface area contributed by atoms with Gasteiger partial charge in [0.15, 0.2) is 0 Å². The molecular weight excluding hydrogens is 262 g/mol. The zero-order chi connectivity index (χ0) is 16.0. The molecule has 1 aromatic rings. The Morgan fingerprint density at radius 2 is 1.67 bits per heavy atom. The SMILES string of the molecule is CCC(O)(CC)COc1c(C)cc(CNC(C)C)cc1C. The van der Waals surface area contributed by atoms with Gasteiger partial charge < -0.3 is 15.2 Å². The van der Waals surface area contributed by atoms with E-state index in [2.05, 4.69) is 45.1 Å². The molecule has 0 radical (unpaired) electrons. The van der Waals surface area contributed by atoms with Crippen LogP contribution in [-0.2, 0) is 6.54 Å². The van der Waals surface area contributed by atoms with E-state index in [0.717, 1.165) is 23.4 Å². The molecule has 0 aliphatic heterocycles.